The summed E-state index contributed by atoms with van der Waals surface area (Å²) in [4.78, 5) is 28.5. The number of thioether (sulfide) groups is 1. The fourth-order valence-electron chi connectivity index (χ4n) is 4.70. The maximum atomic E-state index is 13.6. The first-order valence-electron chi connectivity index (χ1n) is 13.1. The predicted molar refractivity (Wildman–Crippen MR) is 160 cm³/mol. The molecule has 2 aliphatic rings. The average molecular weight is 600 g/mol. The van der Waals surface area contributed by atoms with Crippen LogP contribution in [0.25, 0.3) is 5.76 Å². The van der Waals surface area contributed by atoms with Gasteiger partial charge in [0, 0.05) is 11.3 Å². The van der Waals surface area contributed by atoms with Crippen LogP contribution in [-0.2, 0) is 15.3 Å². The first kappa shape index (κ1) is 27.6. The van der Waals surface area contributed by atoms with E-state index in [1.54, 1.807) is 48.5 Å². The van der Waals surface area contributed by atoms with Crippen LogP contribution in [0.2, 0.25) is 0 Å². The Hall–Kier alpha value is -4.61. The Kier molecular flexibility index (Phi) is 7.93. The summed E-state index contributed by atoms with van der Waals surface area (Å²) in [5.41, 5.74) is 1.92. The molecule has 1 unspecified atom stereocenters. The van der Waals surface area contributed by atoms with Gasteiger partial charge in [0.2, 0.25) is 5.13 Å². The summed E-state index contributed by atoms with van der Waals surface area (Å²) in [6.45, 7) is 4.74. The number of aromatic nitrogens is 2. The molecule has 1 fully saturated rings. The number of hydrogen-bond acceptors (Lipinski definition) is 10. The van der Waals surface area contributed by atoms with Crippen molar-refractivity contribution in [2.75, 3.05) is 24.7 Å². The van der Waals surface area contributed by atoms with E-state index in [1.807, 2.05) is 30.3 Å². The van der Waals surface area contributed by atoms with Crippen LogP contribution in [0.4, 0.5) is 5.13 Å². The molecular formula is C31H25N3O6S2. The normalized spacial score (nSPS) is 17.3. The maximum Gasteiger partial charge on any atom is 0.301 e. The topological polar surface area (TPSA) is 111 Å². The van der Waals surface area contributed by atoms with Crippen molar-refractivity contribution in [2.24, 2.45) is 0 Å². The molecule has 3 aromatic carbocycles. The number of Topliss-reactive ketones (excluding diaryl/α,β-unsaturated/α-hetero) is 1. The summed E-state index contributed by atoms with van der Waals surface area (Å²) in [5, 5.41) is 20.3. The third-order valence-corrected chi connectivity index (χ3v) is 8.74. The second kappa shape index (κ2) is 12.1. The largest absolute Gasteiger partial charge is 0.507 e. The molecule has 0 spiro atoms. The summed E-state index contributed by atoms with van der Waals surface area (Å²) in [7, 11) is 0. The molecule has 42 heavy (non-hydrogen) atoms. The number of hydrogen-bond donors (Lipinski definition) is 1. The highest BCUT2D eigenvalue weighted by atomic mass is 32.2. The molecule has 1 amide bonds. The summed E-state index contributed by atoms with van der Waals surface area (Å²) in [6.07, 6.45) is 1.62. The van der Waals surface area contributed by atoms with Gasteiger partial charge in [-0.2, -0.15) is 0 Å². The van der Waals surface area contributed by atoms with Gasteiger partial charge in [-0.05, 0) is 41.5 Å². The summed E-state index contributed by atoms with van der Waals surface area (Å²) in [6, 6.07) is 20.9. The molecular weight excluding hydrogens is 574 g/mol. The number of anilines is 1. The van der Waals surface area contributed by atoms with E-state index in [9.17, 15) is 14.7 Å². The van der Waals surface area contributed by atoms with Gasteiger partial charge in [-0.1, -0.05) is 78.2 Å². The number of fused-ring (bicyclic) bond motifs is 1. The van der Waals surface area contributed by atoms with E-state index in [0.29, 0.717) is 51.7 Å². The Labute approximate surface area is 250 Å². The van der Waals surface area contributed by atoms with Crippen LogP contribution in [0.15, 0.2) is 95.4 Å². The highest BCUT2D eigenvalue weighted by Gasteiger charge is 2.48. The minimum Gasteiger partial charge on any atom is -0.507 e. The fourth-order valence-corrected chi connectivity index (χ4v) is 6.52. The molecule has 1 saturated heterocycles. The third kappa shape index (κ3) is 5.48. The van der Waals surface area contributed by atoms with Crippen molar-refractivity contribution in [3.05, 3.63) is 108 Å². The van der Waals surface area contributed by atoms with E-state index in [2.05, 4.69) is 16.8 Å². The molecule has 0 radical (unpaired) electrons. The molecule has 6 rings (SSSR count). The number of aliphatic hydroxyl groups excluding tert-OH is 1. The molecule has 3 heterocycles. The van der Waals surface area contributed by atoms with Gasteiger partial charge in [0.05, 0.1) is 11.6 Å². The summed E-state index contributed by atoms with van der Waals surface area (Å²) in [5.74, 6) is 0.194. The Balaban J connectivity index is 1.41. The number of ketones is 1. The lowest BCUT2D eigenvalue weighted by Gasteiger charge is -2.23. The number of carbonyl (C=O) groups excluding carboxylic acids is 2. The van der Waals surface area contributed by atoms with E-state index in [0.717, 1.165) is 5.56 Å². The smallest absolute Gasteiger partial charge is 0.301 e. The number of rotatable bonds is 9. The van der Waals surface area contributed by atoms with Gasteiger partial charge < -0.3 is 19.3 Å². The zero-order valence-electron chi connectivity index (χ0n) is 22.3. The van der Waals surface area contributed by atoms with Crippen molar-refractivity contribution in [1.29, 1.82) is 0 Å². The van der Waals surface area contributed by atoms with Crippen molar-refractivity contribution in [3.63, 3.8) is 0 Å². The quantitative estimate of drug-likeness (QED) is 0.0638. The average Bonchev–Trinajstić information content (AvgIpc) is 3.60. The van der Waals surface area contributed by atoms with Crippen molar-refractivity contribution < 1.29 is 28.9 Å². The van der Waals surface area contributed by atoms with Gasteiger partial charge in [-0.25, -0.2) is 0 Å². The third-order valence-electron chi connectivity index (χ3n) is 6.61. The van der Waals surface area contributed by atoms with Crippen LogP contribution >= 0.6 is 23.1 Å². The molecule has 2 aliphatic heterocycles. The highest BCUT2D eigenvalue weighted by molar-refractivity contribution is 8.00. The first-order valence-corrected chi connectivity index (χ1v) is 14.9. The van der Waals surface area contributed by atoms with Crippen molar-refractivity contribution in [2.45, 2.75) is 16.1 Å². The van der Waals surface area contributed by atoms with Gasteiger partial charge in [0.15, 0.2) is 15.8 Å². The predicted octanol–water partition coefficient (Wildman–Crippen LogP) is 5.79. The van der Waals surface area contributed by atoms with Gasteiger partial charge in [-0.3, -0.25) is 14.5 Å². The zero-order valence-corrected chi connectivity index (χ0v) is 23.9. The second-order valence-corrected chi connectivity index (χ2v) is 11.5. The summed E-state index contributed by atoms with van der Waals surface area (Å²) >= 11 is 2.69. The van der Waals surface area contributed by atoms with Gasteiger partial charge in [0.25, 0.3) is 5.78 Å². The number of nitrogens with zero attached hydrogens (tertiary/aromatic N) is 3. The van der Waals surface area contributed by atoms with E-state index < -0.39 is 17.7 Å². The van der Waals surface area contributed by atoms with Crippen molar-refractivity contribution in [1.82, 2.24) is 10.2 Å². The van der Waals surface area contributed by atoms with Gasteiger partial charge >= 0.3 is 5.91 Å². The van der Waals surface area contributed by atoms with Crippen LogP contribution < -0.4 is 19.1 Å². The molecule has 0 aliphatic carbocycles. The molecule has 0 saturated carbocycles. The number of ether oxygens (including phenoxy) is 3. The molecule has 212 valence electrons. The minimum atomic E-state index is -0.981. The Morgan fingerprint density at radius 1 is 1.05 bits per heavy atom. The molecule has 11 heteroatoms. The lowest BCUT2D eigenvalue weighted by atomic mass is 9.95. The van der Waals surface area contributed by atoms with Gasteiger partial charge in [-0.15, -0.1) is 10.2 Å². The van der Waals surface area contributed by atoms with Gasteiger partial charge in [0.1, 0.15) is 31.3 Å². The fraction of sp³-hybridized carbons (Fsp3) is 0.161. The van der Waals surface area contributed by atoms with E-state index in [-0.39, 0.29) is 23.1 Å². The van der Waals surface area contributed by atoms with Crippen molar-refractivity contribution in [3.8, 4) is 17.2 Å². The maximum absolute atomic E-state index is 13.6. The Bertz CT molecular complexity index is 1690. The Morgan fingerprint density at radius 3 is 2.67 bits per heavy atom. The number of benzene rings is 3. The second-order valence-electron chi connectivity index (χ2n) is 9.32. The van der Waals surface area contributed by atoms with Crippen LogP contribution in [0.5, 0.6) is 17.2 Å². The summed E-state index contributed by atoms with van der Waals surface area (Å²) < 4.78 is 17.6. The lowest BCUT2D eigenvalue weighted by molar-refractivity contribution is -0.132. The Morgan fingerprint density at radius 2 is 1.86 bits per heavy atom. The molecule has 1 N–H and O–H groups in total. The zero-order chi connectivity index (χ0) is 29.1. The van der Waals surface area contributed by atoms with Crippen LogP contribution in [-0.4, -0.2) is 46.8 Å². The van der Waals surface area contributed by atoms with Crippen LogP contribution in [0.3, 0.4) is 0 Å². The molecule has 1 aromatic heterocycles. The first-order chi connectivity index (χ1) is 20.5. The number of aliphatic hydroxyl groups is 1. The standard InChI is InChI=1S/C31H25N3O6S2/c1-2-13-38-22-10-6-9-20(16-22)26-25(27(35)21-11-12-23-24(17-21)40-15-14-39-23)28(36)29(37)34(26)30-32-33-31(42-30)41-18-19-7-4-3-5-8-19/h2-12,16-17,26,35H,1,13-15,18H2/b27-25-. The van der Waals surface area contributed by atoms with E-state index in [4.69, 9.17) is 14.2 Å². The molecule has 0 bridgehead atoms. The van der Waals surface area contributed by atoms with E-state index >= 15 is 0 Å². The van der Waals surface area contributed by atoms with Crippen LogP contribution in [0.1, 0.15) is 22.7 Å². The van der Waals surface area contributed by atoms with Crippen molar-refractivity contribution >= 4 is 45.7 Å². The minimum absolute atomic E-state index is 0.0776. The van der Waals surface area contributed by atoms with Crippen LogP contribution in [0, 0.1) is 0 Å². The highest BCUT2D eigenvalue weighted by Crippen LogP contribution is 2.45. The molecule has 4 aromatic rings. The molecule has 1 atom stereocenters. The monoisotopic (exact) mass is 599 g/mol. The lowest BCUT2D eigenvalue weighted by Crippen LogP contribution is -2.29. The molecule has 9 nitrogen and oxygen atoms in total. The van der Waals surface area contributed by atoms with E-state index in [1.165, 1.54) is 28.0 Å². The number of carbonyl (C=O) groups is 2. The number of amides is 1. The SMILES string of the molecule is C=CCOc1cccc(C2/C(=C(/O)c3ccc4c(c3)OCCO4)C(=O)C(=O)N2c2nnc(SCc3ccccc3)s2)c1.